The second-order valence-electron chi connectivity index (χ2n) is 4.88. The molecule has 0 saturated carbocycles. The molecule has 0 atom stereocenters. The average Bonchev–Trinajstić information content (AvgIpc) is 2.36. The fourth-order valence-corrected chi connectivity index (χ4v) is 1.95. The van der Waals surface area contributed by atoms with Gasteiger partial charge in [-0.2, -0.15) is 0 Å². The van der Waals surface area contributed by atoms with Gasteiger partial charge in [-0.3, -0.25) is 9.59 Å². The highest BCUT2D eigenvalue weighted by molar-refractivity contribution is 5.79. The van der Waals surface area contributed by atoms with Crippen LogP contribution in [0.4, 0.5) is 0 Å². The second-order valence-corrected chi connectivity index (χ2v) is 4.88. The number of amides is 1. The van der Waals surface area contributed by atoms with Crippen LogP contribution < -0.4 is 5.32 Å². The number of carbonyl (C=O) groups is 2. The van der Waals surface area contributed by atoms with Gasteiger partial charge in [0, 0.05) is 13.0 Å². The van der Waals surface area contributed by atoms with Crippen molar-refractivity contribution in [2.24, 2.45) is 5.41 Å². The summed E-state index contributed by atoms with van der Waals surface area (Å²) in [5, 5.41) is 12.0. The van der Waals surface area contributed by atoms with Gasteiger partial charge in [-0.05, 0) is 19.3 Å². The summed E-state index contributed by atoms with van der Waals surface area (Å²) in [6, 6.07) is 0. The van der Waals surface area contributed by atoms with Gasteiger partial charge in [0.1, 0.15) is 0 Å². The Labute approximate surface area is 110 Å². The zero-order valence-corrected chi connectivity index (χ0v) is 11.9. The molecule has 0 radical (unpaired) electrons. The van der Waals surface area contributed by atoms with Crippen molar-refractivity contribution in [3.63, 3.8) is 0 Å². The Balaban J connectivity index is 4.04. The lowest BCUT2D eigenvalue weighted by atomic mass is 9.82. The summed E-state index contributed by atoms with van der Waals surface area (Å²) in [6.07, 6.45) is 5.83. The summed E-state index contributed by atoms with van der Waals surface area (Å²) in [6.45, 7) is 6.07. The number of nitrogens with one attached hydrogen (secondary N) is 1. The zero-order chi connectivity index (χ0) is 14.0. The molecule has 1 amide bonds. The highest BCUT2D eigenvalue weighted by atomic mass is 16.4. The number of carbonyl (C=O) groups excluding carboxylic acids is 1. The molecule has 4 heteroatoms. The third kappa shape index (κ3) is 5.52. The van der Waals surface area contributed by atoms with E-state index in [9.17, 15) is 14.7 Å². The highest BCUT2D eigenvalue weighted by Gasteiger charge is 2.34. The fraction of sp³-hybridized carbons (Fsp3) is 0.857. The largest absolute Gasteiger partial charge is 0.481 e. The molecule has 0 spiro atoms. The molecule has 0 aliphatic carbocycles. The monoisotopic (exact) mass is 257 g/mol. The van der Waals surface area contributed by atoms with E-state index in [4.69, 9.17) is 0 Å². The van der Waals surface area contributed by atoms with Crippen LogP contribution in [0.2, 0.25) is 0 Å². The molecule has 4 nitrogen and oxygen atoms in total. The van der Waals surface area contributed by atoms with Crippen LogP contribution in [0.3, 0.4) is 0 Å². The van der Waals surface area contributed by atoms with E-state index in [0.717, 1.165) is 25.7 Å². The molecule has 18 heavy (non-hydrogen) atoms. The van der Waals surface area contributed by atoms with Gasteiger partial charge in [-0.1, -0.05) is 40.0 Å². The Morgan fingerprint density at radius 2 is 1.67 bits per heavy atom. The first kappa shape index (κ1) is 16.9. The van der Waals surface area contributed by atoms with Gasteiger partial charge >= 0.3 is 5.97 Å². The maximum absolute atomic E-state index is 11.6. The van der Waals surface area contributed by atoms with Crippen LogP contribution in [0, 0.1) is 5.41 Å². The molecular weight excluding hydrogens is 230 g/mol. The third-order valence-electron chi connectivity index (χ3n) is 3.69. The number of carboxylic acid groups (broad SMARTS) is 1. The molecule has 0 aliphatic heterocycles. The van der Waals surface area contributed by atoms with Crippen LogP contribution in [0.1, 0.15) is 65.7 Å². The topological polar surface area (TPSA) is 66.4 Å². The van der Waals surface area contributed by atoms with Crippen molar-refractivity contribution in [1.29, 1.82) is 0 Å². The first-order chi connectivity index (χ1) is 8.52. The smallest absolute Gasteiger partial charge is 0.311 e. The summed E-state index contributed by atoms with van der Waals surface area (Å²) >= 11 is 0. The van der Waals surface area contributed by atoms with Crippen molar-refractivity contribution in [1.82, 2.24) is 5.32 Å². The van der Waals surface area contributed by atoms with Crippen molar-refractivity contribution < 1.29 is 14.7 Å². The first-order valence-corrected chi connectivity index (χ1v) is 7.02. The highest BCUT2D eigenvalue weighted by Crippen LogP contribution is 2.25. The van der Waals surface area contributed by atoms with Gasteiger partial charge in [0.25, 0.3) is 0 Å². The minimum absolute atomic E-state index is 0.0290. The van der Waals surface area contributed by atoms with E-state index in [1.807, 2.05) is 13.8 Å². The van der Waals surface area contributed by atoms with Gasteiger partial charge in [0.15, 0.2) is 0 Å². The maximum atomic E-state index is 11.6. The van der Waals surface area contributed by atoms with Gasteiger partial charge in [0.05, 0.1) is 5.41 Å². The lowest BCUT2D eigenvalue weighted by Crippen LogP contribution is -2.42. The second kappa shape index (κ2) is 8.95. The molecule has 2 N–H and O–H groups in total. The Hall–Kier alpha value is -1.06. The van der Waals surface area contributed by atoms with Gasteiger partial charge in [-0.25, -0.2) is 0 Å². The van der Waals surface area contributed by atoms with Crippen molar-refractivity contribution in [2.75, 3.05) is 6.54 Å². The zero-order valence-electron chi connectivity index (χ0n) is 11.9. The van der Waals surface area contributed by atoms with E-state index in [1.165, 1.54) is 0 Å². The van der Waals surface area contributed by atoms with Gasteiger partial charge < -0.3 is 10.4 Å². The summed E-state index contributed by atoms with van der Waals surface area (Å²) in [4.78, 5) is 22.8. The molecule has 0 aromatic rings. The SMILES string of the molecule is CCCCCCC(=O)NCC(CC)(CC)C(=O)O. The van der Waals surface area contributed by atoms with E-state index in [0.29, 0.717) is 19.3 Å². The maximum Gasteiger partial charge on any atom is 0.311 e. The number of unbranched alkanes of at least 4 members (excludes halogenated alkanes) is 3. The normalized spacial score (nSPS) is 11.3. The molecule has 0 rings (SSSR count). The van der Waals surface area contributed by atoms with Gasteiger partial charge in [0.2, 0.25) is 5.91 Å². The Bertz CT molecular complexity index is 260. The van der Waals surface area contributed by atoms with Crippen LogP contribution in [0.5, 0.6) is 0 Å². The molecule has 0 aromatic carbocycles. The number of carboxylic acids is 1. The van der Waals surface area contributed by atoms with E-state index in [2.05, 4.69) is 12.2 Å². The number of hydrogen-bond acceptors (Lipinski definition) is 2. The van der Waals surface area contributed by atoms with Crippen LogP contribution in [-0.2, 0) is 9.59 Å². The van der Waals surface area contributed by atoms with Crippen molar-refractivity contribution in [2.45, 2.75) is 65.7 Å². The molecule has 0 saturated heterocycles. The van der Waals surface area contributed by atoms with Gasteiger partial charge in [-0.15, -0.1) is 0 Å². The van der Waals surface area contributed by atoms with Crippen molar-refractivity contribution in [3.8, 4) is 0 Å². The molecule has 0 bridgehead atoms. The van der Waals surface area contributed by atoms with E-state index in [1.54, 1.807) is 0 Å². The fourth-order valence-electron chi connectivity index (χ4n) is 1.95. The predicted molar refractivity (Wildman–Crippen MR) is 72.4 cm³/mol. The van der Waals surface area contributed by atoms with E-state index in [-0.39, 0.29) is 12.5 Å². The molecular formula is C14H27NO3. The Kier molecular flexibility index (Phi) is 8.42. The number of hydrogen-bond donors (Lipinski definition) is 2. The minimum Gasteiger partial charge on any atom is -0.481 e. The standard InChI is InChI=1S/C14H27NO3/c1-4-7-8-9-10-12(16)15-11-14(5-2,6-3)13(17)18/h4-11H2,1-3H3,(H,15,16)(H,17,18). The Morgan fingerprint density at radius 3 is 2.11 bits per heavy atom. The average molecular weight is 257 g/mol. The van der Waals surface area contributed by atoms with Crippen LogP contribution >= 0.6 is 0 Å². The van der Waals surface area contributed by atoms with Crippen LogP contribution in [0.15, 0.2) is 0 Å². The lowest BCUT2D eigenvalue weighted by molar-refractivity contribution is -0.149. The summed E-state index contributed by atoms with van der Waals surface area (Å²) < 4.78 is 0. The summed E-state index contributed by atoms with van der Waals surface area (Å²) in [7, 11) is 0. The molecule has 0 fully saturated rings. The molecule has 0 aromatic heterocycles. The predicted octanol–water partition coefficient (Wildman–Crippen LogP) is 2.96. The molecule has 106 valence electrons. The lowest BCUT2D eigenvalue weighted by Gasteiger charge is -2.26. The first-order valence-electron chi connectivity index (χ1n) is 7.02. The Morgan fingerprint density at radius 1 is 1.06 bits per heavy atom. The third-order valence-corrected chi connectivity index (χ3v) is 3.69. The van der Waals surface area contributed by atoms with Crippen molar-refractivity contribution in [3.05, 3.63) is 0 Å². The molecule has 0 heterocycles. The number of aliphatic carboxylic acids is 1. The number of rotatable bonds is 10. The van der Waals surface area contributed by atoms with E-state index < -0.39 is 11.4 Å². The van der Waals surface area contributed by atoms with Crippen LogP contribution in [-0.4, -0.2) is 23.5 Å². The molecule has 0 aliphatic rings. The minimum atomic E-state index is -0.821. The quantitative estimate of drug-likeness (QED) is 0.591. The summed E-state index contributed by atoms with van der Waals surface area (Å²) in [5.41, 5.74) is -0.806. The van der Waals surface area contributed by atoms with E-state index >= 15 is 0 Å². The summed E-state index contributed by atoms with van der Waals surface area (Å²) in [5.74, 6) is -0.850. The van der Waals surface area contributed by atoms with Crippen molar-refractivity contribution >= 4 is 11.9 Å². The van der Waals surface area contributed by atoms with Crippen LogP contribution in [0.25, 0.3) is 0 Å². The molecule has 0 unspecified atom stereocenters.